The molecule has 0 aliphatic rings. The van der Waals surface area contributed by atoms with E-state index in [4.69, 9.17) is 11.6 Å². The van der Waals surface area contributed by atoms with E-state index in [0.29, 0.717) is 18.1 Å². The van der Waals surface area contributed by atoms with Gasteiger partial charge < -0.3 is 10.6 Å². The Morgan fingerprint density at radius 1 is 1.10 bits per heavy atom. The molecule has 162 valence electrons. The van der Waals surface area contributed by atoms with E-state index in [9.17, 15) is 22.8 Å². The van der Waals surface area contributed by atoms with E-state index < -0.39 is 23.7 Å². The Morgan fingerprint density at radius 3 is 2.33 bits per heavy atom. The van der Waals surface area contributed by atoms with Crippen LogP contribution in [0.1, 0.15) is 25.0 Å². The van der Waals surface area contributed by atoms with Crippen molar-refractivity contribution in [1.82, 2.24) is 10.2 Å². The third kappa shape index (κ3) is 6.74. The van der Waals surface area contributed by atoms with Crippen LogP contribution in [-0.4, -0.2) is 35.8 Å². The van der Waals surface area contributed by atoms with Gasteiger partial charge in [-0.05, 0) is 43.3 Å². The summed E-state index contributed by atoms with van der Waals surface area (Å²) in [5.74, 6) is -0.929. The number of halogens is 4. The number of carbonyl (C=O) groups is 2. The Bertz CT molecular complexity index is 873. The molecule has 30 heavy (non-hydrogen) atoms. The third-order valence-corrected chi connectivity index (χ3v) is 4.82. The molecule has 2 amide bonds. The monoisotopic (exact) mass is 441 g/mol. The number of alkyl halides is 3. The van der Waals surface area contributed by atoms with Crippen molar-refractivity contribution in [1.29, 1.82) is 0 Å². The Hall–Kier alpha value is -2.58. The number of likely N-dealkylation sites (N-methyl/N-ethyl adjacent to an activating group) is 1. The number of amides is 2. The zero-order chi connectivity index (χ0) is 22.3. The molecule has 0 fully saturated rings. The van der Waals surface area contributed by atoms with Crippen molar-refractivity contribution in [3.63, 3.8) is 0 Å². The van der Waals surface area contributed by atoms with Gasteiger partial charge in [0.05, 0.1) is 23.8 Å². The summed E-state index contributed by atoms with van der Waals surface area (Å²) < 4.78 is 39.3. The highest BCUT2D eigenvalue weighted by atomic mass is 35.5. The molecule has 0 aromatic heterocycles. The highest BCUT2D eigenvalue weighted by Gasteiger charge is 2.33. The van der Waals surface area contributed by atoms with Crippen LogP contribution in [0.25, 0.3) is 0 Å². The maximum atomic E-state index is 13.1. The number of nitrogens with zero attached hydrogens (tertiary/aromatic N) is 1. The van der Waals surface area contributed by atoms with Crippen molar-refractivity contribution in [2.75, 3.05) is 18.4 Å². The zero-order valence-corrected chi connectivity index (χ0v) is 17.3. The molecule has 0 heterocycles. The molecule has 2 N–H and O–H groups in total. The topological polar surface area (TPSA) is 61.4 Å². The molecule has 0 aliphatic heterocycles. The molecule has 0 bridgehead atoms. The van der Waals surface area contributed by atoms with Gasteiger partial charge in [0.1, 0.15) is 0 Å². The van der Waals surface area contributed by atoms with E-state index in [1.165, 1.54) is 18.2 Å². The fraction of sp³-hybridized carbons (Fsp3) is 0.333. The first-order valence-electron chi connectivity index (χ1n) is 9.34. The lowest BCUT2D eigenvalue weighted by Crippen LogP contribution is -2.47. The molecule has 0 saturated heterocycles. The van der Waals surface area contributed by atoms with E-state index in [2.05, 4.69) is 10.6 Å². The lowest BCUT2D eigenvalue weighted by molar-refractivity contribution is -0.137. The Kier molecular flexibility index (Phi) is 8.25. The molecule has 0 radical (unpaired) electrons. The van der Waals surface area contributed by atoms with Crippen LogP contribution < -0.4 is 10.6 Å². The summed E-state index contributed by atoms with van der Waals surface area (Å²) in [7, 11) is 0. The summed E-state index contributed by atoms with van der Waals surface area (Å²) in [6.07, 6.45) is -4.58. The molecule has 2 aromatic carbocycles. The predicted molar refractivity (Wildman–Crippen MR) is 110 cm³/mol. The van der Waals surface area contributed by atoms with Crippen molar-refractivity contribution in [2.24, 2.45) is 0 Å². The minimum atomic E-state index is -4.58. The van der Waals surface area contributed by atoms with Gasteiger partial charge in [-0.2, -0.15) is 13.2 Å². The molecular formula is C21H23ClF3N3O2. The van der Waals surface area contributed by atoms with E-state index in [0.717, 1.165) is 11.6 Å². The first kappa shape index (κ1) is 23.7. The van der Waals surface area contributed by atoms with E-state index >= 15 is 0 Å². The summed E-state index contributed by atoms with van der Waals surface area (Å²) in [6, 6.07) is 11.1. The third-order valence-electron chi connectivity index (χ3n) is 4.57. The first-order valence-corrected chi connectivity index (χ1v) is 9.72. The van der Waals surface area contributed by atoms with Gasteiger partial charge in [-0.1, -0.05) is 42.8 Å². The van der Waals surface area contributed by atoms with E-state index in [-0.39, 0.29) is 18.1 Å². The van der Waals surface area contributed by atoms with Gasteiger partial charge in [-0.3, -0.25) is 14.5 Å². The number of carbonyl (C=O) groups excluding carboxylic acids is 2. The molecule has 0 spiro atoms. The lowest BCUT2D eigenvalue weighted by atomic mass is 10.1. The van der Waals surface area contributed by atoms with Gasteiger partial charge in [0.25, 0.3) is 0 Å². The number of benzene rings is 2. The predicted octanol–water partition coefficient (Wildman–Crippen LogP) is 4.32. The second kappa shape index (κ2) is 10.4. The van der Waals surface area contributed by atoms with Crippen LogP contribution in [0.5, 0.6) is 0 Å². The molecule has 0 aliphatic carbocycles. The van der Waals surface area contributed by atoms with Crippen molar-refractivity contribution in [3.05, 3.63) is 64.7 Å². The maximum absolute atomic E-state index is 13.1. The quantitative estimate of drug-likeness (QED) is 0.641. The maximum Gasteiger partial charge on any atom is 0.418 e. The second-order valence-electron chi connectivity index (χ2n) is 6.67. The standard InChI is InChI=1S/C21H23ClF3N3O2/c1-3-28(14(2)20(30)26-12-15-8-10-16(22)11-9-15)13-19(29)27-18-7-5-4-6-17(18)21(23,24)25/h4-11,14H,3,12-13H2,1-2H3,(H,26,30)(H,27,29). The Balaban J connectivity index is 1.96. The van der Waals surface area contributed by atoms with Gasteiger partial charge in [0.15, 0.2) is 0 Å². The van der Waals surface area contributed by atoms with Crippen LogP contribution in [0.15, 0.2) is 48.5 Å². The molecule has 9 heteroatoms. The number of rotatable bonds is 8. The molecule has 0 saturated carbocycles. The van der Waals surface area contributed by atoms with Crippen LogP contribution >= 0.6 is 11.6 Å². The molecule has 1 unspecified atom stereocenters. The van der Waals surface area contributed by atoms with Crippen molar-refractivity contribution >= 4 is 29.1 Å². The summed E-state index contributed by atoms with van der Waals surface area (Å²) in [5, 5.41) is 5.67. The number of hydrogen-bond acceptors (Lipinski definition) is 3. The van der Waals surface area contributed by atoms with Crippen LogP contribution in [0.3, 0.4) is 0 Å². The number of hydrogen-bond donors (Lipinski definition) is 2. The highest BCUT2D eigenvalue weighted by Crippen LogP contribution is 2.34. The smallest absolute Gasteiger partial charge is 0.351 e. The second-order valence-corrected chi connectivity index (χ2v) is 7.11. The first-order chi connectivity index (χ1) is 14.1. The van der Waals surface area contributed by atoms with Crippen molar-refractivity contribution < 1.29 is 22.8 Å². The molecule has 5 nitrogen and oxygen atoms in total. The van der Waals surface area contributed by atoms with Crippen molar-refractivity contribution in [2.45, 2.75) is 32.6 Å². The summed E-state index contributed by atoms with van der Waals surface area (Å²) >= 11 is 5.83. The summed E-state index contributed by atoms with van der Waals surface area (Å²) in [4.78, 5) is 26.4. The highest BCUT2D eigenvalue weighted by molar-refractivity contribution is 6.30. The lowest BCUT2D eigenvalue weighted by Gasteiger charge is -2.26. The van der Waals surface area contributed by atoms with Gasteiger partial charge in [-0.25, -0.2) is 0 Å². The Morgan fingerprint density at radius 2 is 1.73 bits per heavy atom. The average Bonchev–Trinajstić information content (AvgIpc) is 2.70. The van der Waals surface area contributed by atoms with Gasteiger partial charge >= 0.3 is 6.18 Å². The van der Waals surface area contributed by atoms with Crippen molar-refractivity contribution in [3.8, 4) is 0 Å². The fourth-order valence-corrected chi connectivity index (χ4v) is 2.97. The van der Waals surface area contributed by atoms with E-state index in [1.807, 2.05) is 0 Å². The molecule has 2 rings (SSSR count). The fourth-order valence-electron chi connectivity index (χ4n) is 2.84. The summed E-state index contributed by atoms with van der Waals surface area (Å²) in [6.45, 7) is 3.84. The average molecular weight is 442 g/mol. The number of para-hydroxylation sites is 1. The Labute approximate surface area is 178 Å². The largest absolute Gasteiger partial charge is 0.418 e. The SMILES string of the molecule is CCN(CC(=O)Nc1ccccc1C(F)(F)F)C(C)C(=O)NCc1ccc(Cl)cc1. The van der Waals surface area contributed by atoms with Crippen LogP contribution in [-0.2, 0) is 22.3 Å². The zero-order valence-electron chi connectivity index (χ0n) is 16.6. The number of nitrogens with one attached hydrogen (secondary N) is 2. The molecule has 2 aromatic rings. The van der Waals surface area contributed by atoms with Crippen LogP contribution in [0, 0.1) is 0 Å². The molecular weight excluding hydrogens is 419 g/mol. The van der Waals surface area contributed by atoms with Gasteiger partial charge in [-0.15, -0.1) is 0 Å². The minimum absolute atomic E-state index is 0.224. The summed E-state index contributed by atoms with van der Waals surface area (Å²) in [5.41, 5.74) is -0.370. The number of anilines is 1. The van der Waals surface area contributed by atoms with Crippen LogP contribution in [0.4, 0.5) is 18.9 Å². The van der Waals surface area contributed by atoms with Gasteiger partial charge in [0.2, 0.25) is 11.8 Å². The van der Waals surface area contributed by atoms with Gasteiger partial charge in [0, 0.05) is 11.6 Å². The normalized spacial score (nSPS) is 12.5. The minimum Gasteiger partial charge on any atom is -0.351 e. The van der Waals surface area contributed by atoms with E-state index in [1.54, 1.807) is 43.0 Å². The molecule has 1 atom stereocenters. The van der Waals surface area contributed by atoms with Crippen LogP contribution in [0.2, 0.25) is 5.02 Å².